The molecule has 1 N–H and O–H groups in total. The number of hydrogen-bond acceptors (Lipinski definition) is 3. The standard InChI is InChI=1S/C12H12FN3O2/c1-2-12(11(17)18,16-8-14-7-15-16)9-3-5-10(13)6-4-9/h3-8H,2H2,1H3,(H,17,18). The lowest BCUT2D eigenvalue weighted by atomic mass is 9.87. The normalized spacial score (nSPS) is 14.1. The van der Waals surface area contributed by atoms with Crippen LogP contribution in [0.1, 0.15) is 18.9 Å². The van der Waals surface area contributed by atoms with E-state index in [0.29, 0.717) is 5.56 Å². The highest BCUT2D eigenvalue weighted by molar-refractivity contribution is 5.81. The van der Waals surface area contributed by atoms with Crippen molar-refractivity contribution in [1.29, 1.82) is 0 Å². The molecule has 5 nitrogen and oxygen atoms in total. The van der Waals surface area contributed by atoms with E-state index < -0.39 is 17.3 Å². The molecule has 2 aromatic rings. The molecule has 0 saturated carbocycles. The first-order valence-electron chi connectivity index (χ1n) is 5.46. The van der Waals surface area contributed by atoms with E-state index in [1.807, 2.05) is 0 Å². The molecule has 0 radical (unpaired) electrons. The summed E-state index contributed by atoms with van der Waals surface area (Å²) in [6.07, 6.45) is 2.90. The van der Waals surface area contributed by atoms with Crippen LogP contribution >= 0.6 is 0 Å². The Morgan fingerprint density at radius 2 is 2.11 bits per heavy atom. The fourth-order valence-electron chi connectivity index (χ4n) is 2.00. The summed E-state index contributed by atoms with van der Waals surface area (Å²) >= 11 is 0. The summed E-state index contributed by atoms with van der Waals surface area (Å²) in [7, 11) is 0. The third-order valence-corrected chi connectivity index (χ3v) is 3.00. The molecule has 6 heteroatoms. The van der Waals surface area contributed by atoms with Gasteiger partial charge in [0.15, 0.2) is 5.54 Å². The van der Waals surface area contributed by atoms with E-state index in [4.69, 9.17) is 0 Å². The van der Waals surface area contributed by atoms with E-state index >= 15 is 0 Å². The summed E-state index contributed by atoms with van der Waals surface area (Å²) in [5.74, 6) is -1.46. The monoisotopic (exact) mass is 249 g/mol. The Kier molecular flexibility index (Phi) is 3.10. The molecular formula is C12H12FN3O2. The highest BCUT2D eigenvalue weighted by atomic mass is 19.1. The van der Waals surface area contributed by atoms with Crippen LogP contribution in [0.15, 0.2) is 36.9 Å². The van der Waals surface area contributed by atoms with Gasteiger partial charge in [-0.05, 0) is 24.1 Å². The Hall–Kier alpha value is -2.24. The Bertz CT molecular complexity index is 539. The quantitative estimate of drug-likeness (QED) is 0.894. The first-order chi connectivity index (χ1) is 8.61. The zero-order chi connectivity index (χ0) is 13.2. The third kappa shape index (κ3) is 1.75. The number of rotatable bonds is 4. The van der Waals surface area contributed by atoms with Crippen molar-refractivity contribution in [1.82, 2.24) is 14.8 Å². The molecule has 0 spiro atoms. The SMILES string of the molecule is CCC(C(=O)O)(c1ccc(F)cc1)n1cncn1. The van der Waals surface area contributed by atoms with Crippen LogP contribution in [0.3, 0.4) is 0 Å². The van der Waals surface area contributed by atoms with Crippen LogP contribution in [0, 0.1) is 5.82 Å². The van der Waals surface area contributed by atoms with Crippen molar-refractivity contribution in [3.05, 3.63) is 48.3 Å². The summed E-state index contributed by atoms with van der Waals surface area (Å²) in [5.41, 5.74) is -0.895. The van der Waals surface area contributed by atoms with Crippen LogP contribution in [0.5, 0.6) is 0 Å². The lowest BCUT2D eigenvalue weighted by Gasteiger charge is -2.28. The van der Waals surface area contributed by atoms with Gasteiger partial charge in [-0.3, -0.25) is 0 Å². The number of benzene rings is 1. The molecule has 18 heavy (non-hydrogen) atoms. The van der Waals surface area contributed by atoms with Crippen LogP contribution in [0.2, 0.25) is 0 Å². The summed E-state index contributed by atoms with van der Waals surface area (Å²) in [6, 6.07) is 5.38. The Labute approximate surface area is 103 Å². The highest BCUT2D eigenvalue weighted by Gasteiger charge is 2.41. The third-order valence-electron chi connectivity index (χ3n) is 3.00. The van der Waals surface area contributed by atoms with Crippen molar-refractivity contribution in [3.63, 3.8) is 0 Å². The molecule has 94 valence electrons. The zero-order valence-corrected chi connectivity index (χ0v) is 9.75. The van der Waals surface area contributed by atoms with Gasteiger partial charge in [0, 0.05) is 0 Å². The zero-order valence-electron chi connectivity index (χ0n) is 9.75. The number of halogens is 1. The first kappa shape index (κ1) is 12.2. The minimum Gasteiger partial charge on any atom is -0.479 e. The minimum atomic E-state index is -1.36. The van der Waals surface area contributed by atoms with Crippen LogP contribution in [0.25, 0.3) is 0 Å². The number of carboxylic acids is 1. The maximum absolute atomic E-state index is 12.9. The smallest absolute Gasteiger partial charge is 0.336 e. The number of aromatic nitrogens is 3. The lowest BCUT2D eigenvalue weighted by Crippen LogP contribution is -2.43. The molecule has 1 unspecified atom stereocenters. The Morgan fingerprint density at radius 1 is 1.44 bits per heavy atom. The molecular weight excluding hydrogens is 237 g/mol. The maximum atomic E-state index is 12.9. The minimum absolute atomic E-state index is 0.275. The van der Waals surface area contributed by atoms with Crippen LogP contribution in [-0.4, -0.2) is 25.8 Å². The molecule has 0 fully saturated rings. The summed E-state index contributed by atoms with van der Waals surface area (Å²) in [4.78, 5) is 15.4. The summed E-state index contributed by atoms with van der Waals surface area (Å²) in [6.45, 7) is 1.74. The van der Waals surface area contributed by atoms with Crippen molar-refractivity contribution in [2.75, 3.05) is 0 Å². The van der Waals surface area contributed by atoms with E-state index in [0.717, 1.165) is 0 Å². The molecule has 0 aliphatic rings. The fraction of sp³-hybridized carbons (Fsp3) is 0.250. The molecule has 0 aliphatic carbocycles. The first-order valence-corrected chi connectivity index (χ1v) is 5.46. The van der Waals surface area contributed by atoms with Crippen molar-refractivity contribution >= 4 is 5.97 Å². The second kappa shape index (κ2) is 4.56. The molecule has 1 atom stereocenters. The van der Waals surface area contributed by atoms with Crippen LogP contribution in [0.4, 0.5) is 4.39 Å². The molecule has 0 amide bonds. The Balaban J connectivity index is 2.62. The van der Waals surface area contributed by atoms with Crippen LogP contribution in [-0.2, 0) is 10.3 Å². The molecule has 1 aromatic heterocycles. The van der Waals surface area contributed by atoms with E-state index in [-0.39, 0.29) is 6.42 Å². The second-order valence-electron chi connectivity index (χ2n) is 3.87. The molecule has 1 heterocycles. The van der Waals surface area contributed by atoms with Crippen molar-refractivity contribution in [2.24, 2.45) is 0 Å². The summed E-state index contributed by atoms with van der Waals surface area (Å²) in [5, 5.41) is 13.4. The maximum Gasteiger partial charge on any atom is 0.336 e. The summed E-state index contributed by atoms with van der Waals surface area (Å²) < 4.78 is 14.2. The number of carboxylic acid groups (broad SMARTS) is 1. The van der Waals surface area contributed by atoms with Crippen molar-refractivity contribution < 1.29 is 14.3 Å². The molecule has 0 aliphatic heterocycles. The topological polar surface area (TPSA) is 68.0 Å². The Morgan fingerprint density at radius 3 is 2.56 bits per heavy atom. The van der Waals surface area contributed by atoms with Crippen LogP contribution < -0.4 is 0 Å². The van der Waals surface area contributed by atoms with Gasteiger partial charge in [-0.25, -0.2) is 18.9 Å². The largest absolute Gasteiger partial charge is 0.479 e. The molecule has 0 saturated heterocycles. The highest BCUT2D eigenvalue weighted by Crippen LogP contribution is 2.29. The van der Waals surface area contributed by atoms with Crippen molar-refractivity contribution in [3.8, 4) is 0 Å². The predicted molar refractivity (Wildman–Crippen MR) is 61.4 cm³/mol. The van der Waals surface area contributed by atoms with Gasteiger partial charge in [0.2, 0.25) is 0 Å². The lowest BCUT2D eigenvalue weighted by molar-refractivity contribution is -0.146. The molecule has 2 rings (SSSR count). The fourth-order valence-corrected chi connectivity index (χ4v) is 2.00. The molecule has 1 aromatic carbocycles. The van der Waals surface area contributed by atoms with Gasteiger partial charge >= 0.3 is 5.97 Å². The number of nitrogens with zero attached hydrogens (tertiary/aromatic N) is 3. The van der Waals surface area contributed by atoms with Gasteiger partial charge in [0.1, 0.15) is 18.5 Å². The predicted octanol–water partition coefficient (Wildman–Crippen LogP) is 1.66. The number of aliphatic carboxylic acids is 1. The van der Waals surface area contributed by atoms with Gasteiger partial charge < -0.3 is 5.11 Å². The van der Waals surface area contributed by atoms with Gasteiger partial charge in [-0.1, -0.05) is 19.1 Å². The van der Waals surface area contributed by atoms with Gasteiger partial charge in [0.05, 0.1) is 0 Å². The number of hydrogen-bond donors (Lipinski definition) is 1. The van der Waals surface area contributed by atoms with Crippen molar-refractivity contribution in [2.45, 2.75) is 18.9 Å². The molecule has 0 bridgehead atoms. The van der Waals surface area contributed by atoms with Gasteiger partial charge in [0.25, 0.3) is 0 Å². The average molecular weight is 249 g/mol. The van der Waals surface area contributed by atoms with E-state index in [9.17, 15) is 14.3 Å². The van der Waals surface area contributed by atoms with Gasteiger partial charge in [-0.15, -0.1) is 0 Å². The van der Waals surface area contributed by atoms with E-state index in [2.05, 4.69) is 10.1 Å². The van der Waals surface area contributed by atoms with Gasteiger partial charge in [-0.2, -0.15) is 5.10 Å². The average Bonchev–Trinajstić information content (AvgIpc) is 2.87. The van der Waals surface area contributed by atoms with E-state index in [1.54, 1.807) is 6.92 Å². The second-order valence-corrected chi connectivity index (χ2v) is 3.87. The van der Waals surface area contributed by atoms with E-state index in [1.165, 1.54) is 41.6 Å². The number of carbonyl (C=O) groups is 1.